The van der Waals surface area contributed by atoms with Gasteiger partial charge in [-0.2, -0.15) is 0 Å². The van der Waals surface area contributed by atoms with Crippen molar-refractivity contribution in [1.29, 1.82) is 0 Å². The van der Waals surface area contributed by atoms with Crippen LogP contribution in [-0.4, -0.2) is 31.8 Å². The average molecular weight is 257 g/mol. The van der Waals surface area contributed by atoms with Crippen molar-refractivity contribution in [2.24, 2.45) is 11.7 Å². The fourth-order valence-electron chi connectivity index (χ4n) is 2.60. The molecule has 1 fully saturated rings. The topological polar surface area (TPSA) is 61.5 Å². The molecule has 0 spiro atoms. The number of hydrogen-bond acceptors (Lipinski definition) is 4. The summed E-state index contributed by atoms with van der Waals surface area (Å²) in [5, 5.41) is 0. The Bertz CT molecular complexity index is 245. The van der Waals surface area contributed by atoms with E-state index in [9.17, 15) is 4.79 Å². The van der Waals surface area contributed by atoms with E-state index in [0.29, 0.717) is 18.9 Å². The number of carbonyl (C=O) groups excluding carboxylic acids is 1. The molecule has 4 heteroatoms. The van der Waals surface area contributed by atoms with Gasteiger partial charge < -0.3 is 15.2 Å². The van der Waals surface area contributed by atoms with Crippen molar-refractivity contribution in [3.05, 3.63) is 0 Å². The summed E-state index contributed by atoms with van der Waals surface area (Å²) in [6, 6.07) is -0.500. The summed E-state index contributed by atoms with van der Waals surface area (Å²) in [6.07, 6.45) is 7.19. The van der Waals surface area contributed by atoms with E-state index in [1.807, 2.05) is 0 Å². The van der Waals surface area contributed by atoms with Gasteiger partial charge in [-0.05, 0) is 44.4 Å². The second kappa shape index (κ2) is 8.48. The first-order chi connectivity index (χ1) is 8.69. The quantitative estimate of drug-likeness (QED) is 0.561. The van der Waals surface area contributed by atoms with Crippen LogP contribution in [0.15, 0.2) is 0 Å². The van der Waals surface area contributed by atoms with Gasteiger partial charge in [0.1, 0.15) is 12.1 Å². The molecule has 0 aromatic rings. The van der Waals surface area contributed by atoms with Crippen LogP contribution in [0, 0.1) is 5.92 Å². The van der Waals surface area contributed by atoms with Gasteiger partial charge in [-0.1, -0.05) is 13.3 Å². The maximum Gasteiger partial charge on any atom is 0.323 e. The third kappa shape index (κ3) is 4.94. The third-order valence-electron chi connectivity index (χ3n) is 3.80. The summed E-state index contributed by atoms with van der Waals surface area (Å²) in [6.45, 7) is 2.80. The maximum atomic E-state index is 11.9. The van der Waals surface area contributed by atoms with Gasteiger partial charge in [-0.15, -0.1) is 0 Å². The van der Waals surface area contributed by atoms with Crippen LogP contribution >= 0.6 is 0 Å². The lowest BCUT2D eigenvalue weighted by Gasteiger charge is -2.31. The SMILES string of the molecule is CCC1CCCCC1OC(=O)C(N)CCCOC. The summed E-state index contributed by atoms with van der Waals surface area (Å²) in [7, 11) is 1.65. The van der Waals surface area contributed by atoms with Crippen molar-refractivity contribution in [1.82, 2.24) is 0 Å². The summed E-state index contributed by atoms with van der Waals surface area (Å²) in [5.74, 6) is 0.283. The van der Waals surface area contributed by atoms with Crippen LogP contribution in [0.3, 0.4) is 0 Å². The lowest BCUT2D eigenvalue weighted by molar-refractivity contribution is -0.155. The summed E-state index contributed by atoms with van der Waals surface area (Å²) >= 11 is 0. The van der Waals surface area contributed by atoms with Crippen molar-refractivity contribution < 1.29 is 14.3 Å². The fourth-order valence-corrected chi connectivity index (χ4v) is 2.60. The molecule has 1 rings (SSSR count). The molecule has 0 amide bonds. The molecular weight excluding hydrogens is 230 g/mol. The first-order valence-corrected chi connectivity index (χ1v) is 7.14. The molecule has 1 aliphatic carbocycles. The Kier molecular flexibility index (Phi) is 7.28. The number of ether oxygens (including phenoxy) is 2. The van der Waals surface area contributed by atoms with Gasteiger partial charge in [0.2, 0.25) is 0 Å². The summed E-state index contributed by atoms with van der Waals surface area (Å²) in [4.78, 5) is 11.9. The molecule has 0 aromatic carbocycles. The molecule has 4 nitrogen and oxygen atoms in total. The Morgan fingerprint density at radius 2 is 2.11 bits per heavy atom. The van der Waals surface area contributed by atoms with E-state index in [4.69, 9.17) is 15.2 Å². The van der Waals surface area contributed by atoms with Gasteiger partial charge in [0.05, 0.1) is 0 Å². The highest BCUT2D eigenvalue weighted by Crippen LogP contribution is 2.29. The lowest BCUT2D eigenvalue weighted by atomic mass is 9.85. The highest BCUT2D eigenvalue weighted by Gasteiger charge is 2.28. The van der Waals surface area contributed by atoms with Crippen LogP contribution in [0.2, 0.25) is 0 Å². The molecule has 0 heterocycles. The lowest BCUT2D eigenvalue weighted by Crippen LogP contribution is -2.38. The van der Waals surface area contributed by atoms with E-state index < -0.39 is 6.04 Å². The van der Waals surface area contributed by atoms with Gasteiger partial charge in [-0.25, -0.2) is 0 Å². The van der Waals surface area contributed by atoms with Gasteiger partial charge in [0, 0.05) is 13.7 Å². The number of hydrogen-bond donors (Lipinski definition) is 1. The normalized spacial score (nSPS) is 25.7. The monoisotopic (exact) mass is 257 g/mol. The Morgan fingerprint density at radius 3 is 2.78 bits per heavy atom. The molecule has 1 saturated carbocycles. The summed E-state index contributed by atoms with van der Waals surface area (Å²) < 4.78 is 10.5. The van der Waals surface area contributed by atoms with E-state index >= 15 is 0 Å². The van der Waals surface area contributed by atoms with E-state index in [1.54, 1.807) is 7.11 Å². The molecule has 2 N–H and O–H groups in total. The molecule has 0 aliphatic heterocycles. The van der Waals surface area contributed by atoms with Crippen molar-refractivity contribution in [2.75, 3.05) is 13.7 Å². The zero-order valence-corrected chi connectivity index (χ0v) is 11.7. The second-order valence-corrected chi connectivity index (χ2v) is 5.17. The fraction of sp³-hybridized carbons (Fsp3) is 0.929. The number of esters is 1. The van der Waals surface area contributed by atoms with Crippen molar-refractivity contribution >= 4 is 5.97 Å². The second-order valence-electron chi connectivity index (χ2n) is 5.17. The van der Waals surface area contributed by atoms with Gasteiger partial charge >= 0.3 is 5.97 Å². The number of methoxy groups -OCH3 is 1. The minimum atomic E-state index is -0.500. The molecule has 0 aromatic heterocycles. The Morgan fingerprint density at radius 1 is 1.39 bits per heavy atom. The Hall–Kier alpha value is -0.610. The van der Waals surface area contributed by atoms with Crippen LogP contribution in [0.1, 0.15) is 51.9 Å². The minimum Gasteiger partial charge on any atom is -0.461 e. The predicted octanol–water partition coefficient (Wildman–Crippen LogP) is 2.25. The van der Waals surface area contributed by atoms with Crippen LogP contribution in [0.4, 0.5) is 0 Å². The number of rotatable bonds is 7. The number of carbonyl (C=O) groups is 1. The van der Waals surface area contributed by atoms with Gasteiger partial charge in [0.15, 0.2) is 0 Å². The van der Waals surface area contributed by atoms with Crippen LogP contribution < -0.4 is 5.73 Å². The van der Waals surface area contributed by atoms with Gasteiger partial charge in [0.25, 0.3) is 0 Å². The maximum absolute atomic E-state index is 11.9. The molecule has 0 radical (unpaired) electrons. The molecular formula is C14H27NO3. The molecule has 0 saturated heterocycles. The van der Waals surface area contributed by atoms with E-state index in [0.717, 1.165) is 25.7 Å². The largest absolute Gasteiger partial charge is 0.461 e. The molecule has 1 aliphatic rings. The van der Waals surface area contributed by atoms with Crippen LogP contribution in [0.5, 0.6) is 0 Å². The number of nitrogens with two attached hydrogens (primary N) is 1. The molecule has 106 valence electrons. The smallest absolute Gasteiger partial charge is 0.323 e. The third-order valence-corrected chi connectivity index (χ3v) is 3.80. The first kappa shape index (κ1) is 15.4. The molecule has 3 atom stereocenters. The standard InChI is InChI=1S/C14H27NO3/c1-3-11-7-4-5-9-13(11)18-14(16)12(15)8-6-10-17-2/h11-13H,3-10,15H2,1-2H3. The molecule has 0 bridgehead atoms. The highest BCUT2D eigenvalue weighted by atomic mass is 16.5. The van der Waals surface area contributed by atoms with Crippen molar-refractivity contribution in [3.8, 4) is 0 Å². The Balaban J connectivity index is 2.32. The van der Waals surface area contributed by atoms with Crippen molar-refractivity contribution in [2.45, 2.75) is 64.0 Å². The van der Waals surface area contributed by atoms with E-state index in [-0.39, 0.29) is 12.1 Å². The minimum absolute atomic E-state index is 0.0877. The highest BCUT2D eigenvalue weighted by molar-refractivity contribution is 5.75. The van der Waals surface area contributed by atoms with Crippen molar-refractivity contribution in [3.63, 3.8) is 0 Å². The van der Waals surface area contributed by atoms with Crippen LogP contribution in [0.25, 0.3) is 0 Å². The van der Waals surface area contributed by atoms with E-state index in [2.05, 4.69) is 6.92 Å². The van der Waals surface area contributed by atoms with E-state index in [1.165, 1.54) is 12.8 Å². The van der Waals surface area contributed by atoms with Crippen LogP contribution in [-0.2, 0) is 14.3 Å². The molecule has 3 unspecified atom stereocenters. The Labute approximate surface area is 110 Å². The zero-order chi connectivity index (χ0) is 13.4. The summed E-state index contributed by atoms with van der Waals surface area (Å²) in [5.41, 5.74) is 5.83. The predicted molar refractivity (Wildman–Crippen MR) is 71.2 cm³/mol. The first-order valence-electron chi connectivity index (χ1n) is 7.14. The average Bonchev–Trinajstić information content (AvgIpc) is 2.39. The zero-order valence-electron chi connectivity index (χ0n) is 11.7. The molecule has 18 heavy (non-hydrogen) atoms. The van der Waals surface area contributed by atoms with Gasteiger partial charge in [-0.3, -0.25) is 4.79 Å².